The molecule has 1 aromatic rings. The van der Waals surface area contributed by atoms with Crippen LogP contribution in [0, 0.1) is 0 Å². The van der Waals surface area contributed by atoms with E-state index in [-0.39, 0.29) is 11.5 Å². The third kappa shape index (κ3) is 1.89. The Kier molecular flexibility index (Phi) is 3.18. The minimum atomic E-state index is -0.279. The van der Waals surface area contributed by atoms with Crippen molar-refractivity contribution in [3.05, 3.63) is 35.4 Å². The number of hydrogen-bond donors (Lipinski definition) is 1. The van der Waals surface area contributed by atoms with Crippen molar-refractivity contribution in [2.24, 2.45) is 0 Å². The molecule has 4 heteroatoms. The van der Waals surface area contributed by atoms with E-state index in [4.69, 9.17) is 4.65 Å². The Morgan fingerprint density at radius 1 is 1.33 bits per heavy atom. The highest BCUT2D eigenvalue weighted by Crippen LogP contribution is 2.50. The molecule has 1 aliphatic carbocycles. The number of benzene rings is 1. The zero-order valence-electron chi connectivity index (χ0n) is 10.8. The fourth-order valence-corrected chi connectivity index (χ4v) is 3.54. The van der Waals surface area contributed by atoms with Crippen LogP contribution in [0.15, 0.2) is 24.3 Å². The topological polar surface area (TPSA) is 32.7 Å². The number of aliphatic hydroxyl groups is 1. The van der Waals surface area contributed by atoms with Crippen LogP contribution in [-0.4, -0.2) is 37.7 Å². The fourth-order valence-electron chi connectivity index (χ4n) is 3.54. The molecule has 0 bridgehead atoms. The van der Waals surface area contributed by atoms with Gasteiger partial charge < -0.3 is 14.6 Å². The molecule has 3 nitrogen and oxygen atoms in total. The fraction of sp³-hybridized carbons (Fsp3) is 0.571. The van der Waals surface area contributed by atoms with Crippen LogP contribution < -0.4 is 0 Å². The number of hydrogen-bond acceptors (Lipinski definition) is 3. The first-order valence-corrected chi connectivity index (χ1v) is 6.63. The quantitative estimate of drug-likeness (QED) is 0.803. The van der Waals surface area contributed by atoms with E-state index >= 15 is 0 Å². The summed E-state index contributed by atoms with van der Waals surface area (Å²) < 4.78 is 5.07. The van der Waals surface area contributed by atoms with Gasteiger partial charge >= 0.3 is 7.62 Å². The Morgan fingerprint density at radius 3 is 2.78 bits per heavy atom. The van der Waals surface area contributed by atoms with Crippen LogP contribution in [0.2, 0.25) is 0 Å². The van der Waals surface area contributed by atoms with Crippen LogP contribution in [0.25, 0.3) is 0 Å². The molecule has 1 heterocycles. The first-order valence-electron chi connectivity index (χ1n) is 6.63. The van der Waals surface area contributed by atoms with E-state index in [1.165, 1.54) is 5.56 Å². The zero-order chi connectivity index (χ0) is 12.6. The van der Waals surface area contributed by atoms with Gasteiger partial charge in [-0.15, -0.1) is 0 Å². The molecule has 2 aliphatic rings. The summed E-state index contributed by atoms with van der Waals surface area (Å²) in [5.74, 6) is 0. The van der Waals surface area contributed by atoms with Crippen molar-refractivity contribution in [3.63, 3.8) is 0 Å². The van der Waals surface area contributed by atoms with Crippen molar-refractivity contribution < 1.29 is 9.76 Å². The molecule has 1 radical (unpaired) electrons. The molecule has 1 atom stereocenters. The predicted octanol–water partition coefficient (Wildman–Crippen LogP) is 1.64. The van der Waals surface area contributed by atoms with Gasteiger partial charge in [0.25, 0.3) is 0 Å². The van der Waals surface area contributed by atoms with Gasteiger partial charge in [-0.05, 0) is 43.5 Å². The summed E-state index contributed by atoms with van der Waals surface area (Å²) in [5.41, 5.74) is 2.70. The third-order valence-corrected chi connectivity index (χ3v) is 4.48. The maximum Gasteiger partial charge on any atom is 0.398 e. The van der Waals surface area contributed by atoms with Crippen molar-refractivity contribution in [1.29, 1.82) is 0 Å². The Bertz CT molecular complexity index is 430. The van der Waals surface area contributed by atoms with Gasteiger partial charge in [0, 0.05) is 12.5 Å². The maximum atomic E-state index is 10.2. The maximum absolute atomic E-state index is 10.2. The van der Waals surface area contributed by atoms with E-state index in [9.17, 15) is 5.11 Å². The predicted molar refractivity (Wildman–Crippen MR) is 71.3 cm³/mol. The lowest BCUT2D eigenvalue weighted by Gasteiger charge is -2.39. The minimum absolute atomic E-state index is 0.189. The molecule has 0 aromatic heterocycles. The average molecular weight is 244 g/mol. The number of fused-ring (bicyclic) bond motifs is 2. The molecule has 1 fully saturated rings. The Labute approximate surface area is 109 Å². The highest BCUT2D eigenvalue weighted by Gasteiger charge is 2.44. The highest BCUT2D eigenvalue weighted by molar-refractivity contribution is 6.23. The van der Waals surface area contributed by atoms with Crippen molar-refractivity contribution in [3.8, 4) is 0 Å². The summed E-state index contributed by atoms with van der Waals surface area (Å²) in [6, 6.07) is 8.38. The summed E-state index contributed by atoms with van der Waals surface area (Å²) in [6.45, 7) is 2.02. The molecule has 1 aliphatic heterocycles. The zero-order valence-corrected chi connectivity index (χ0v) is 10.8. The van der Waals surface area contributed by atoms with Crippen molar-refractivity contribution in [1.82, 2.24) is 4.81 Å². The molecular formula is C14H19BNO2. The number of nitrogens with zero attached hydrogens (tertiary/aromatic N) is 1. The lowest BCUT2D eigenvalue weighted by molar-refractivity contribution is 0.128. The van der Waals surface area contributed by atoms with Gasteiger partial charge in [0.2, 0.25) is 0 Å². The minimum Gasteiger partial charge on any atom is -0.427 e. The lowest BCUT2D eigenvalue weighted by Crippen LogP contribution is -2.43. The first-order chi connectivity index (χ1) is 8.75. The summed E-state index contributed by atoms with van der Waals surface area (Å²) in [5, 5.41) is 10.2. The highest BCUT2D eigenvalue weighted by atomic mass is 16.4. The number of aliphatic hydroxyl groups excluding tert-OH is 1. The molecule has 1 saturated heterocycles. The summed E-state index contributed by atoms with van der Waals surface area (Å²) >= 11 is 0. The molecule has 1 N–H and O–H groups in total. The number of rotatable bonds is 2. The second-order valence-corrected chi connectivity index (χ2v) is 5.46. The van der Waals surface area contributed by atoms with E-state index in [2.05, 4.69) is 23.0 Å². The van der Waals surface area contributed by atoms with Gasteiger partial charge in [0.1, 0.15) is 0 Å². The van der Waals surface area contributed by atoms with Gasteiger partial charge in [0.15, 0.2) is 0 Å². The van der Waals surface area contributed by atoms with Crippen molar-refractivity contribution >= 4 is 7.62 Å². The first kappa shape index (κ1) is 12.2. The van der Waals surface area contributed by atoms with Gasteiger partial charge in [-0.3, -0.25) is 0 Å². The monoisotopic (exact) mass is 244 g/mol. The molecule has 18 heavy (non-hydrogen) atoms. The van der Waals surface area contributed by atoms with Crippen LogP contribution in [0.5, 0.6) is 0 Å². The normalized spacial score (nSPS) is 26.2. The van der Waals surface area contributed by atoms with Gasteiger partial charge in [-0.1, -0.05) is 24.3 Å². The molecule has 95 valence electrons. The Balaban J connectivity index is 1.82. The molecule has 1 unspecified atom stereocenters. The van der Waals surface area contributed by atoms with Gasteiger partial charge in [0.05, 0.1) is 6.10 Å². The van der Waals surface area contributed by atoms with E-state index in [1.54, 1.807) is 7.11 Å². The van der Waals surface area contributed by atoms with Crippen LogP contribution in [-0.2, 0) is 10.1 Å². The average Bonchev–Trinajstić information content (AvgIpc) is 2.67. The SMILES string of the molecule is CO[B]N1CCC2(CC1)CC(O)c1ccccc12. The van der Waals surface area contributed by atoms with E-state index in [0.717, 1.165) is 37.9 Å². The van der Waals surface area contributed by atoms with E-state index < -0.39 is 0 Å². The smallest absolute Gasteiger partial charge is 0.398 e. The third-order valence-electron chi connectivity index (χ3n) is 4.48. The molecule has 1 aromatic carbocycles. The van der Waals surface area contributed by atoms with Crippen LogP contribution in [0.3, 0.4) is 0 Å². The van der Waals surface area contributed by atoms with Gasteiger partial charge in [-0.25, -0.2) is 0 Å². The molecule has 1 spiro atoms. The van der Waals surface area contributed by atoms with Crippen LogP contribution in [0.1, 0.15) is 36.5 Å². The van der Waals surface area contributed by atoms with Crippen LogP contribution >= 0.6 is 0 Å². The largest absolute Gasteiger partial charge is 0.427 e. The Morgan fingerprint density at radius 2 is 2.06 bits per heavy atom. The standard InChI is InChI=1S/C14H19BNO2/c1-18-15-16-8-6-14(7-9-16)10-13(17)11-4-2-3-5-12(11)14/h2-5,13,17H,6-10H2,1H3. The van der Waals surface area contributed by atoms with E-state index in [1.807, 2.05) is 13.7 Å². The van der Waals surface area contributed by atoms with Crippen molar-refractivity contribution in [2.45, 2.75) is 30.8 Å². The van der Waals surface area contributed by atoms with Gasteiger partial charge in [-0.2, -0.15) is 0 Å². The molecular weight excluding hydrogens is 225 g/mol. The molecule has 0 saturated carbocycles. The van der Waals surface area contributed by atoms with Crippen LogP contribution in [0.4, 0.5) is 0 Å². The summed E-state index contributed by atoms with van der Waals surface area (Å²) in [7, 11) is 3.50. The second-order valence-electron chi connectivity index (χ2n) is 5.46. The summed E-state index contributed by atoms with van der Waals surface area (Å²) in [6.07, 6.45) is 2.80. The van der Waals surface area contributed by atoms with E-state index in [0.29, 0.717) is 0 Å². The second kappa shape index (κ2) is 4.69. The van der Waals surface area contributed by atoms with Crippen molar-refractivity contribution in [2.75, 3.05) is 20.2 Å². The number of piperidine rings is 1. The lowest BCUT2D eigenvalue weighted by atomic mass is 9.73. The summed E-state index contributed by atoms with van der Waals surface area (Å²) in [4.78, 5) is 2.22. The molecule has 3 rings (SSSR count). The Hall–Kier alpha value is -0.835. The molecule has 0 amide bonds.